The molecule has 0 aromatic carbocycles. The van der Waals surface area contributed by atoms with Crippen molar-refractivity contribution in [2.24, 2.45) is 0 Å². The predicted molar refractivity (Wildman–Crippen MR) is 70.2 cm³/mol. The summed E-state index contributed by atoms with van der Waals surface area (Å²) in [6.07, 6.45) is -4.04. The average molecular weight is 317 g/mol. The lowest BCUT2D eigenvalue weighted by atomic mass is 9.98. The average Bonchev–Trinajstić information content (AvgIpc) is 2.68. The number of esters is 1. The second kappa shape index (κ2) is 7.16. The molecule has 1 aliphatic heterocycles. The SMILES string of the molecule is O=C(CNC(=O)C1=CCC1)OC[C@@H](O)C1OC(O)[C@H](O)[C@@H]1O. The van der Waals surface area contributed by atoms with Crippen LogP contribution in [0.25, 0.3) is 0 Å². The van der Waals surface area contributed by atoms with Gasteiger partial charge in [-0.15, -0.1) is 0 Å². The number of amides is 1. The van der Waals surface area contributed by atoms with Crippen molar-refractivity contribution in [3.8, 4) is 0 Å². The number of aliphatic hydroxyl groups is 4. The van der Waals surface area contributed by atoms with Crippen LogP contribution in [0.5, 0.6) is 0 Å². The van der Waals surface area contributed by atoms with Gasteiger partial charge in [-0.1, -0.05) is 6.08 Å². The van der Waals surface area contributed by atoms with Crippen molar-refractivity contribution in [3.63, 3.8) is 0 Å². The number of rotatable bonds is 6. The fourth-order valence-corrected chi connectivity index (χ4v) is 2.09. The molecule has 1 fully saturated rings. The molecule has 5 N–H and O–H groups in total. The van der Waals surface area contributed by atoms with Crippen molar-refractivity contribution in [1.29, 1.82) is 0 Å². The number of allylic oxidation sites excluding steroid dienone is 1. The van der Waals surface area contributed by atoms with Crippen LogP contribution >= 0.6 is 0 Å². The molecule has 9 heteroatoms. The lowest BCUT2D eigenvalue weighted by molar-refractivity contribution is -0.162. The van der Waals surface area contributed by atoms with E-state index in [9.17, 15) is 30.0 Å². The van der Waals surface area contributed by atoms with Crippen molar-refractivity contribution >= 4 is 11.9 Å². The van der Waals surface area contributed by atoms with Gasteiger partial charge in [-0.3, -0.25) is 9.59 Å². The van der Waals surface area contributed by atoms with Crippen LogP contribution in [0.2, 0.25) is 0 Å². The first-order chi connectivity index (χ1) is 10.4. The van der Waals surface area contributed by atoms with Gasteiger partial charge in [0.15, 0.2) is 6.29 Å². The first-order valence-corrected chi connectivity index (χ1v) is 6.90. The second-order valence-corrected chi connectivity index (χ2v) is 5.17. The molecule has 0 radical (unpaired) electrons. The van der Waals surface area contributed by atoms with Gasteiger partial charge in [0.1, 0.15) is 37.6 Å². The third kappa shape index (κ3) is 3.81. The minimum Gasteiger partial charge on any atom is -0.462 e. The van der Waals surface area contributed by atoms with Crippen LogP contribution in [-0.2, 0) is 19.1 Å². The summed E-state index contributed by atoms with van der Waals surface area (Å²) in [5, 5.41) is 40.1. The van der Waals surface area contributed by atoms with Crippen LogP contribution < -0.4 is 5.32 Å². The van der Waals surface area contributed by atoms with Crippen molar-refractivity contribution in [3.05, 3.63) is 11.6 Å². The summed E-state index contributed by atoms with van der Waals surface area (Å²) < 4.78 is 9.51. The van der Waals surface area contributed by atoms with E-state index in [1.54, 1.807) is 6.08 Å². The zero-order valence-corrected chi connectivity index (χ0v) is 11.7. The van der Waals surface area contributed by atoms with E-state index < -0.39 is 43.3 Å². The second-order valence-electron chi connectivity index (χ2n) is 5.17. The van der Waals surface area contributed by atoms with Crippen molar-refractivity contribution in [1.82, 2.24) is 5.32 Å². The Morgan fingerprint density at radius 2 is 2.05 bits per heavy atom. The maximum Gasteiger partial charge on any atom is 0.325 e. The van der Waals surface area contributed by atoms with Crippen LogP contribution in [-0.4, -0.2) is 76.2 Å². The summed E-state index contributed by atoms with van der Waals surface area (Å²) in [5.41, 5.74) is 0.623. The molecule has 22 heavy (non-hydrogen) atoms. The molecule has 5 atom stereocenters. The van der Waals surface area contributed by atoms with Crippen molar-refractivity contribution in [2.75, 3.05) is 13.2 Å². The van der Waals surface area contributed by atoms with Gasteiger partial charge in [-0.25, -0.2) is 0 Å². The minimum atomic E-state index is -1.61. The van der Waals surface area contributed by atoms with Crippen LogP contribution in [0.3, 0.4) is 0 Å². The molecule has 0 aromatic heterocycles. The van der Waals surface area contributed by atoms with Gasteiger partial charge >= 0.3 is 5.97 Å². The Morgan fingerprint density at radius 3 is 2.55 bits per heavy atom. The molecular weight excluding hydrogens is 298 g/mol. The van der Waals surface area contributed by atoms with E-state index in [1.807, 2.05) is 0 Å². The Hall–Kier alpha value is -1.52. The van der Waals surface area contributed by atoms with Gasteiger partial charge in [0.2, 0.25) is 5.91 Å². The molecule has 0 aromatic rings. The van der Waals surface area contributed by atoms with Crippen LogP contribution in [0.4, 0.5) is 0 Å². The number of ether oxygens (including phenoxy) is 2. The number of hydrogen-bond acceptors (Lipinski definition) is 8. The van der Waals surface area contributed by atoms with Crippen LogP contribution in [0.15, 0.2) is 11.6 Å². The number of nitrogens with one attached hydrogen (secondary N) is 1. The van der Waals surface area contributed by atoms with Crippen LogP contribution in [0.1, 0.15) is 12.8 Å². The molecule has 2 rings (SSSR count). The highest BCUT2D eigenvalue weighted by atomic mass is 16.7. The molecule has 1 aliphatic carbocycles. The Labute approximate surface area is 126 Å². The van der Waals surface area contributed by atoms with Crippen molar-refractivity contribution in [2.45, 2.75) is 43.5 Å². The molecule has 124 valence electrons. The lowest BCUT2D eigenvalue weighted by Crippen LogP contribution is -2.42. The minimum absolute atomic E-state index is 0.329. The zero-order valence-electron chi connectivity index (χ0n) is 11.7. The number of hydrogen-bond donors (Lipinski definition) is 5. The number of carbonyl (C=O) groups is 2. The van der Waals surface area contributed by atoms with Gasteiger partial charge in [0.25, 0.3) is 0 Å². The van der Waals surface area contributed by atoms with Gasteiger partial charge in [-0.05, 0) is 12.8 Å². The molecule has 1 saturated heterocycles. The summed E-state index contributed by atoms with van der Waals surface area (Å²) >= 11 is 0. The monoisotopic (exact) mass is 317 g/mol. The summed E-state index contributed by atoms with van der Waals surface area (Å²) in [4.78, 5) is 22.9. The molecule has 0 saturated carbocycles. The van der Waals surface area contributed by atoms with E-state index >= 15 is 0 Å². The van der Waals surface area contributed by atoms with E-state index in [-0.39, 0.29) is 12.5 Å². The fourth-order valence-electron chi connectivity index (χ4n) is 2.09. The first-order valence-electron chi connectivity index (χ1n) is 6.90. The molecule has 2 aliphatic rings. The normalized spacial score (nSPS) is 31.9. The summed E-state index contributed by atoms with van der Waals surface area (Å²) in [7, 11) is 0. The Kier molecular flexibility index (Phi) is 5.48. The standard InChI is InChI=1S/C13H19NO8/c15-7(11-9(17)10(18)13(20)22-11)5-21-8(16)4-14-12(19)6-2-1-3-6/h2,7,9-11,13,15,17-18,20H,1,3-5H2,(H,14,19)/t7-,9+,10-,11?,13?/m1/s1. The maximum atomic E-state index is 11.4. The number of aliphatic hydroxyl groups excluding tert-OH is 4. The quantitative estimate of drug-likeness (QED) is 0.329. The van der Waals surface area contributed by atoms with E-state index in [0.717, 1.165) is 6.42 Å². The topological polar surface area (TPSA) is 146 Å². The smallest absolute Gasteiger partial charge is 0.325 e. The van der Waals surface area contributed by atoms with Crippen molar-refractivity contribution < 1.29 is 39.5 Å². The highest BCUT2D eigenvalue weighted by Gasteiger charge is 2.45. The maximum absolute atomic E-state index is 11.4. The molecular formula is C13H19NO8. The van der Waals surface area contributed by atoms with Gasteiger partial charge < -0.3 is 35.2 Å². The van der Waals surface area contributed by atoms with Gasteiger partial charge in [-0.2, -0.15) is 0 Å². The summed E-state index contributed by atoms with van der Waals surface area (Å²) in [6, 6.07) is 0. The third-order valence-corrected chi connectivity index (χ3v) is 3.56. The molecule has 1 amide bonds. The van der Waals surface area contributed by atoms with E-state index in [1.165, 1.54) is 0 Å². The van der Waals surface area contributed by atoms with E-state index in [0.29, 0.717) is 12.0 Å². The fraction of sp³-hybridized carbons (Fsp3) is 0.692. The molecule has 1 heterocycles. The summed E-state index contributed by atoms with van der Waals surface area (Å²) in [6.45, 7) is -0.846. The molecule has 0 spiro atoms. The first kappa shape index (κ1) is 16.8. The largest absolute Gasteiger partial charge is 0.462 e. The highest BCUT2D eigenvalue weighted by molar-refractivity contribution is 5.96. The Bertz CT molecular complexity index is 465. The molecule has 0 bridgehead atoms. The van der Waals surface area contributed by atoms with Gasteiger partial charge in [0, 0.05) is 5.57 Å². The van der Waals surface area contributed by atoms with E-state index in [4.69, 9.17) is 9.47 Å². The Balaban J connectivity index is 1.68. The lowest BCUT2D eigenvalue weighted by Gasteiger charge is -2.20. The molecule has 9 nitrogen and oxygen atoms in total. The zero-order chi connectivity index (χ0) is 16.3. The summed E-state index contributed by atoms with van der Waals surface area (Å²) in [5.74, 6) is -1.09. The molecule has 2 unspecified atom stereocenters. The van der Waals surface area contributed by atoms with Crippen LogP contribution in [0, 0.1) is 0 Å². The Morgan fingerprint density at radius 1 is 1.36 bits per heavy atom. The predicted octanol–water partition coefficient (Wildman–Crippen LogP) is -2.83. The van der Waals surface area contributed by atoms with E-state index in [2.05, 4.69) is 5.32 Å². The third-order valence-electron chi connectivity index (χ3n) is 3.56. The highest BCUT2D eigenvalue weighted by Crippen LogP contribution is 2.22. The number of carbonyl (C=O) groups excluding carboxylic acids is 2. The van der Waals surface area contributed by atoms with Gasteiger partial charge in [0.05, 0.1) is 0 Å².